The second kappa shape index (κ2) is 10.1. The Morgan fingerprint density at radius 2 is 2.15 bits per heavy atom. The van der Waals surface area contributed by atoms with Crippen molar-refractivity contribution in [2.45, 2.75) is 39.2 Å². The molecule has 2 amide bonds. The van der Waals surface area contributed by atoms with Crippen molar-refractivity contribution in [1.29, 1.82) is 5.26 Å². The van der Waals surface area contributed by atoms with Gasteiger partial charge in [0, 0.05) is 31.4 Å². The van der Waals surface area contributed by atoms with Crippen LogP contribution in [0.2, 0.25) is 0 Å². The summed E-state index contributed by atoms with van der Waals surface area (Å²) in [5, 5.41) is 13.0. The van der Waals surface area contributed by atoms with E-state index >= 15 is 0 Å². The van der Waals surface area contributed by atoms with E-state index in [9.17, 15) is 14.9 Å². The first-order valence-electron chi connectivity index (χ1n) is 8.88. The van der Waals surface area contributed by atoms with Gasteiger partial charge in [-0.05, 0) is 24.5 Å². The van der Waals surface area contributed by atoms with Gasteiger partial charge in [-0.15, -0.1) is 11.3 Å². The van der Waals surface area contributed by atoms with Gasteiger partial charge < -0.3 is 19.7 Å². The number of carbonyl (C=O) groups is 2. The number of anilines is 1. The van der Waals surface area contributed by atoms with E-state index in [1.165, 1.54) is 18.4 Å². The third-order valence-electron chi connectivity index (χ3n) is 4.33. The van der Waals surface area contributed by atoms with Gasteiger partial charge in [-0.2, -0.15) is 5.26 Å². The summed E-state index contributed by atoms with van der Waals surface area (Å²) in [7, 11) is 3.08. The van der Waals surface area contributed by atoms with Crippen molar-refractivity contribution in [2.24, 2.45) is 0 Å². The lowest BCUT2D eigenvalue weighted by atomic mass is 10.0. The van der Waals surface area contributed by atoms with E-state index in [0.717, 1.165) is 22.6 Å². The summed E-state index contributed by atoms with van der Waals surface area (Å²) >= 11 is 1.37. The van der Waals surface area contributed by atoms with E-state index in [2.05, 4.69) is 11.4 Å². The summed E-state index contributed by atoms with van der Waals surface area (Å²) in [6, 6.07) is 2.21. The molecule has 1 aromatic heterocycles. The van der Waals surface area contributed by atoms with Crippen LogP contribution in [0.3, 0.4) is 0 Å². The van der Waals surface area contributed by atoms with Crippen molar-refractivity contribution < 1.29 is 19.1 Å². The monoisotopic (exact) mass is 391 g/mol. The molecule has 2 rings (SSSR count). The number of nitriles is 1. The Bertz CT molecular complexity index is 764. The molecule has 1 aliphatic rings. The number of thiophene rings is 1. The topological polar surface area (TPSA) is 91.7 Å². The number of methoxy groups -OCH3 is 2. The van der Waals surface area contributed by atoms with Crippen LogP contribution in [0.15, 0.2) is 11.8 Å². The fourth-order valence-corrected chi connectivity index (χ4v) is 4.21. The summed E-state index contributed by atoms with van der Waals surface area (Å²) in [6.45, 7) is 3.05. The van der Waals surface area contributed by atoms with Crippen LogP contribution in [0.5, 0.6) is 0 Å². The van der Waals surface area contributed by atoms with Crippen molar-refractivity contribution in [2.75, 3.05) is 32.7 Å². The molecule has 1 N–H and O–H groups in total. The molecule has 0 saturated heterocycles. The zero-order chi connectivity index (χ0) is 19.8. The van der Waals surface area contributed by atoms with Crippen LogP contribution in [-0.2, 0) is 32.0 Å². The summed E-state index contributed by atoms with van der Waals surface area (Å²) in [5.74, 6) is 0.554. The smallest absolute Gasteiger partial charge is 0.248 e. The normalized spacial score (nSPS) is 13.7. The number of amides is 2. The quantitative estimate of drug-likeness (QED) is 0.688. The predicted molar refractivity (Wildman–Crippen MR) is 103 cm³/mol. The molecule has 0 fully saturated rings. The molecule has 1 aliphatic heterocycles. The number of hydrogen-bond donors (Lipinski definition) is 1. The Labute approximate surface area is 163 Å². The number of ether oxygens (including phenoxy) is 2. The first-order valence-corrected chi connectivity index (χ1v) is 9.69. The SMILES string of the molecule is CC/C=C(/CCC(=O)Nc1sc2c(c1C#N)CCN(C(=O)COC)C2)OC. The van der Waals surface area contributed by atoms with Gasteiger partial charge in [0.15, 0.2) is 0 Å². The maximum Gasteiger partial charge on any atom is 0.248 e. The van der Waals surface area contributed by atoms with Crippen LogP contribution in [0.4, 0.5) is 5.00 Å². The molecule has 0 bridgehead atoms. The Hall–Kier alpha value is -2.37. The van der Waals surface area contributed by atoms with E-state index in [1.807, 2.05) is 13.0 Å². The molecule has 8 heteroatoms. The highest BCUT2D eigenvalue weighted by atomic mass is 32.1. The molecule has 0 saturated carbocycles. The lowest BCUT2D eigenvalue weighted by Crippen LogP contribution is -2.37. The molecule has 146 valence electrons. The highest BCUT2D eigenvalue weighted by molar-refractivity contribution is 7.16. The number of rotatable bonds is 8. The molecule has 2 heterocycles. The maximum absolute atomic E-state index is 12.3. The molecule has 27 heavy (non-hydrogen) atoms. The van der Waals surface area contributed by atoms with Gasteiger partial charge in [0.1, 0.15) is 17.7 Å². The minimum atomic E-state index is -0.156. The molecule has 0 radical (unpaired) electrons. The molecular weight excluding hydrogens is 366 g/mol. The van der Waals surface area contributed by atoms with Crippen molar-refractivity contribution in [3.8, 4) is 6.07 Å². The van der Waals surface area contributed by atoms with Gasteiger partial charge in [0.05, 0.1) is 25.0 Å². The van der Waals surface area contributed by atoms with E-state index in [-0.39, 0.29) is 24.8 Å². The van der Waals surface area contributed by atoms with Crippen LogP contribution in [0.25, 0.3) is 0 Å². The number of hydrogen-bond acceptors (Lipinski definition) is 6. The van der Waals surface area contributed by atoms with Gasteiger partial charge in [-0.3, -0.25) is 9.59 Å². The van der Waals surface area contributed by atoms with E-state index < -0.39 is 0 Å². The molecular formula is C19H25N3O4S. The first-order chi connectivity index (χ1) is 13.0. The Kier molecular flexibility index (Phi) is 7.82. The van der Waals surface area contributed by atoms with Crippen molar-refractivity contribution in [3.05, 3.63) is 27.8 Å². The molecule has 1 aromatic rings. The average molecular weight is 391 g/mol. The number of nitrogens with one attached hydrogen (secondary N) is 1. The molecule has 0 atom stereocenters. The van der Waals surface area contributed by atoms with Gasteiger partial charge in [0.2, 0.25) is 11.8 Å². The van der Waals surface area contributed by atoms with Gasteiger partial charge in [-0.25, -0.2) is 0 Å². The van der Waals surface area contributed by atoms with Gasteiger partial charge in [0.25, 0.3) is 0 Å². The second-order valence-electron chi connectivity index (χ2n) is 6.15. The van der Waals surface area contributed by atoms with Crippen LogP contribution in [-0.4, -0.2) is 44.1 Å². The predicted octanol–water partition coefficient (Wildman–Crippen LogP) is 2.81. The molecule has 0 spiro atoms. The number of fused-ring (bicyclic) bond motifs is 1. The standard InChI is InChI=1S/C19H25N3O4S/c1-4-5-13(26-3)6-7-17(23)21-19-15(10-20)14-8-9-22(11-16(14)27-19)18(24)12-25-2/h5H,4,6-9,11-12H2,1-3H3,(H,21,23)/b13-5-. The zero-order valence-electron chi connectivity index (χ0n) is 16.0. The van der Waals surface area contributed by atoms with Crippen LogP contribution in [0.1, 0.15) is 42.2 Å². The van der Waals surface area contributed by atoms with Crippen LogP contribution >= 0.6 is 11.3 Å². The summed E-state index contributed by atoms with van der Waals surface area (Å²) in [4.78, 5) is 27.0. The minimum absolute atomic E-state index is 0.0442. The van der Waals surface area contributed by atoms with Crippen molar-refractivity contribution in [1.82, 2.24) is 4.90 Å². The highest BCUT2D eigenvalue weighted by Gasteiger charge is 2.27. The Morgan fingerprint density at radius 1 is 1.37 bits per heavy atom. The van der Waals surface area contributed by atoms with E-state index in [0.29, 0.717) is 36.5 Å². The third-order valence-corrected chi connectivity index (χ3v) is 5.47. The molecule has 0 aromatic carbocycles. The number of allylic oxidation sites excluding steroid dienone is 2. The van der Waals surface area contributed by atoms with Crippen LogP contribution in [0, 0.1) is 11.3 Å². The summed E-state index contributed by atoms with van der Waals surface area (Å²) in [5.41, 5.74) is 1.45. The van der Waals surface area contributed by atoms with Crippen molar-refractivity contribution >= 4 is 28.2 Å². The number of nitrogens with zero attached hydrogens (tertiary/aromatic N) is 2. The number of carbonyl (C=O) groups excluding carboxylic acids is 2. The fraction of sp³-hybridized carbons (Fsp3) is 0.526. The van der Waals surface area contributed by atoms with E-state index in [4.69, 9.17) is 9.47 Å². The highest BCUT2D eigenvalue weighted by Crippen LogP contribution is 2.36. The van der Waals surface area contributed by atoms with Crippen LogP contribution < -0.4 is 5.32 Å². The van der Waals surface area contributed by atoms with Gasteiger partial charge in [-0.1, -0.05) is 6.92 Å². The largest absolute Gasteiger partial charge is 0.501 e. The van der Waals surface area contributed by atoms with Gasteiger partial charge >= 0.3 is 0 Å². The molecule has 0 unspecified atom stereocenters. The minimum Gasteiger partial charge on any atom is -0.501 e. The average Bonchev–Trinajstić information content (AvgIpc) is 3.01. The third kappa shape index (κ3) is 5.31. The summed E-state index contributed by atoms with van der Waals surface area (Å²) in [6.07, 6.45) is 4.20. The maximum atomic E-state index is 12.3. The molecule has 7 nitrogen and oxygen atoms in total. The Balaban J connectivity index is 2.07. The fourth-order valence-electron chi connectivity index (χ4n) is 2.98. The first kappa shape index (κ1) is 20.9. The second-order valence-corrected chi connectivity index (χ2v) is 7.25. The van der Waals surface area contributed by atoms with Crippen molar-refractivity contribution in [3.63, 3.8) is 0 Å². The lowest BCUT2D eigenvalue weighted by Gasteiger charge is -2.26. The molecule has 0 aliphatic carbocycles. The Morgan fingerprint density at radius 3 is 2.78 bits per heavy atom. The summed E-state index contributed by atoms with van der Waals surface area (Å²) < 4.78 is 10.1. The lowest BCUT2D eigenvalue weighted by molar-refractivity contribution is -0.136. The van der Waals surface area contributed by atoms with E-state index in [1.54, 1.807) is 12.0 Å². The zero-order valence-corrected chi connectivity index (χ0v) is 16.8.